The van der Waals surface area contributed by atoms with Crippen molar-refractivity contribution in [1.29, 1.82) is 0 Å². The van der Waals surface area contributed by atoms with E-state index in [1.54, 1.807) is 0 Å². The Morgan fingerprint density at radius 3 is 1.62 bits per heavy atom. The van der Waals surface area contributed by atoms with E-state index in [0.29, 0.717) is 0 Å². The Kier molecular flexibility index (Phi) is 11.6. The van der Waals surface area contributed by atoms with Crippen molar-refractivity contribution in [2.45, 2.75) is 96.9 Å². The number of rotatable bonds is 9. The van der Waals surface area contributed by atoms with Crippen molar-refractivity contribution >= 4 is 35.8 Å². The van der Waals surface area contributed by atoms with Crippen LogP contribution in [0.5, 0.6) is 0 Å². The van der Waals surface area contributed by atoms with E-state index < -0.39 is 104 Å². The highest BCUT2D eigenvalue weighted by atomic mass is 16.8. The van der Waals surface area contributed by atoms with Crippen LogP contribution in [-0.4, -0.2) is 109 Å². The zero-order valence-corrected chi connectivity index (χ0v) is 22.2. The fraction of sp³-hybridized carbons (Fsp3) is 0.739. The monoisotopic (exact) mass is 564 g/mol. The van der Waals surface area contributed by atoms with E-state index in [9.17, 15) is 33.9 Å². The SMILES string of the molecule is CC(=O)OC[C@H]1O[C@@H](O[C@@H]2CO[C@@H](O)[C@H](OC(C)=O)[C@H]2OC(C)=O)[C@H](OC(C)=O)[C@@H](OC(C)=O)[C@@H]1OC(C)=O. The van der Waals surface area contributed by atoms with E-state index in [-0.39, 0.29) is 0 Å². The molecule has 0 radical (unpaired) electrons. The molecule has 1 N–H and O–H groups in total. The lowest BCUT2D eigenvalue weighted by Gasteiger charge is -2.46. The minimum absolute atomic E-state index is 0.427. The molecule has 9 atom stereocenters. The van der Waals surface area contributed by atoms with Gasteiger partial charge in [0.2, 0.25) is 0 Å². The number of hydrogen-bond donors (Lipinski definition) is 1. The van der Waals surface area contributed by atoms with Gasteiger partial charge in [0.1, 0.15) is 18.8 Å². The van der Waals surface area contributed by atoms with Gasteiger partial charge in [0.25, 0.3) is 0 Å². The van der Waals surface area contributed by atoms with E-state index in [1.165, 1.54) is 0 Å². The first kappa shape index (κ1) is 31.9. The smallest absolute Gasteiger partial charge is 0.303 e. The normalized spacial score (nSPS) is 32.2. The number of aliphatic hydroxyl groups is 1. The maximum atomic E-state index is 12.0. The molecule has 2 heterocycles. The molecule has 2 saturated heterocycles. The summed E-state index contributed by atoms with van der Waals surface area (Å²) in [4.78, 5) is 70.8. The number of carbonyl (C=O) groups is 6. The highest BCUT2D eigenvalue weighted by molar-refractivity contribution is 5.69. The molecule has 220 valence electrons. The first-order valence-corrected chi connectivity index (χ1v) is 11.8. The minimum atomic E-state index is -1.69. The van der Waals surface area contributed by atoms with Gasteiger partial charge >= 0.3 is 35.8 Å². The van der Waals surface area contributed by atoms with Gasteiger partial charge in [-0.15, -0.1) is 0 Å². The maximum Gasteiger partial charge on any atom is 0.303 e. The van der Waals surface area contributed by atoms with Crippen LogP contribution in [0.25, 0.3) is 0 Å². The molecule has 2 fully saturated rings. The largest absolute Gasteiger partial charge is 0.463 e. The number of aliphatic hydroxyl groups excluding tert-OH is 1. The molecule has 2 rings (SSSR count). The van der Waals surface area contributed by atoms with Gasteiger partial charge in [0.05, 0.1) is 6.61 Å². The topological polar surface area (TPSA) is 206 Å². The molecule has 0 amide bonds. The quantitative estimate of drug-likeness (QED) is 0.254. The first-order valence-electron chi connectivity index (χ1n) is 11.8. The molecule has 0 bridgehead atoms. The second-order valence-corrected chi connectivity index (χ2v) is 8.61. The average Bonchev–Trinajstić information content (AvgIpc) is 2.79. The lowest BCUT2D eigenvalue weighted by atomic mass is 9.97. The van der Waals surface area contributed by atoms with Gasteiger partial charge in [-0.25, -0.2) is 0 Å². The molecule has 0 spiro atoms. The fourth-order valence-corrected chi connectivity index (χ4v) is 4.00. The summed E-state index contributed by atoms with van der Waals surface area (Å²) in [6.45, 7) is 5.49. The molecule has 0 aromatic carbocycles. The van der Waals surface area contributed by atoms with Crippen LogP contribution in [0, 0.1) is 0 Å². The summed E-state index contributed by atoms with van der Waals surface area (Å²) >= 11 is 0. The molecule has 0 aromatic heterocycles. The van der Waals surface area contributed by atoms with Crippen LogP contribution in [0.15, 0.2) is 0 Å². The predicted octanol–water partition coefficient (Wildman–Crippen LogP) is -1.33. The standard InChI is InChI=1S/C23H32O16/c1-9(24)31-7-15-17(33-10(2)25)19(35-12(4)27)21(37-14(6)29)23(38-15)39-16-8-32-22(30)20(36-13(5)28)18(16)34-11(3)26/h15-23,30H,7-8H2,1-6H3/t15-,16-,17-,18+,19+,20-,21-,22-,23+/m1/s1. The van der Waals surface area contributed by atoms with Crippen molar-refractivity contribution in [2.24, 2.45) is 0 Å². The Bertz CT molecular complexity index is 933. The minimum Gasteiger partial charge on any atom is -0.463 e. The van der Waals surface area contributed by atoms with Crippen LogP contribution in [-0.2, 0) is 71.4 Å². The van der Waals surface area contributed by atoms with E-state index in [0.717, 1.165) is 41.5 Å². The van der Waals surface area contributed by atoms with Crippen molar-refractivity contribution in [3.63, 3.8) is 0 Å². The van der Waals surface area contributed by atoms with Crippen molar-refractivity contribution in [3.8, 4) is 0 Å². The zero-order chi connectivity index (χ0) is 29.4. The van der Waals surface area contributed by atoms with Crippen molar-refractivity contribution in [1.82, 2.24) is 0 Å². The Hall–Kier alpha value is -3.34. The van der Waals surface area contributed by atoms with Crippen molar-refractivity contribution in [3.05, 3.63) is 0 Å². The molecular formula is C23H32O16. The van der Waals surface area contributed by atoms with Gasteiger partial charge in [-0.1, -0.05) is 0 Å². The number of hydrogen-bond acceptors (Lipinski definition) is 16. The molecule has 0 aliphatic carbocycles. The summed E-state index contributed by atoms with van der Waals surface area (Å²) in [6, 6.07) is 0. The number of ether oxygens (including phenoxy) is 9. The molecule has 0 saturated carbocycles. The van der Waals surface area contributed by atoms with E-state index in [4.69, 9.17) is 42.6 Å². The Labute approximate surface area is 223 Å². The fourth-order valence-electron chi connectivity index (χ4n) is 4.00. The van der Waals surface area contributed by atoms with Crippen molar-refractivity contribution < 1.29 is 76.5 Å². The summed E-state index contributed by atoms with van der Waals surface area (Å²) in [5, 5.41) is 10.2. The van der Waals surface area contributed by atoms with Crippen LogP contribution < -0.4 is 0 Å². The van der Waals surface area contributed by atoms with E-state index in [2.05, 4.69) is 0 Å². The zero-order valence-electron chi connectivity index (χ0n) is 22.2. The number of carbonyl (C=O) groups excluding carboxylic acids is 6. The summed E-state index contributed by atoms with van der Waals surface area (Å²) < 4.78 is 48.3. The molecule has 39 heavy (non-hydrogen) atoms. The third kappa shape index (κ3) is 9.42. The maximum absolute atomic E-state index is 12.0. The molecule has 16 heteroatoms. The Morgan fingerprint density at radius 2 is 1.10 bits per heavy atom. The van der Waals surface area contributed by atoms with Gasteiger partial charge in [-0.2, -0.15) is 0 Å². The van der Waals surface area contributed by atoms with Gasteiger partial charge in [-0.05, 0) is 0 Å². The third-order valence-electron chi connectivity index (χ3n) is 5.26. The van der Waals surface area contributed by atoms with Crippen LogP contribution in [0.4, 0.5) is 0 Å². The average molecular weight is 564 g/mol. The highest BCUT2D eigenvalue weighted by Crippen LogP contribution is 2.33. The Morgan fingerprint density at radius 1 is 0.641 bits per heavy atom. The van der Waals surface area contributed by atoms with Gasteiger partial charge in [0.15, 0.2) is 43.1 Å². The van der Waals surface area contributed by atoms with Gasteiger partial charge in [-0.3, -0.25) is 28.8 Å². The van der Waals surface area contributed by atoms with Crippen LogP contribution >= 0.6 is 0 Å². The predicted molar refractivity (Wildman–Crippen MR) is 120 cm³/mol. The van der Waals surface area contributed by atoms with Gasteiger partial charge in [0, 0.05) is 41.5 Å². The molecular weight excluding hydrogens is 532 g/mol. The molecule has 0 unspecified atom stereocenters. The van der Waals surface area contributed by atoms with E-state index >= 15 is 0 Å². The van der Waals surface area contributed by atoms with Crippen LogP contribution in [0.3, 0.4) is 0 Å². The molecule has 16 nitrogen and oxygen atoms in total. The highest BCUT2D eigenvalue weighted by Gasteiger charge is 2.55. The van der Waals surface area contributed by atoms with E-state index in [1.807, 2.05) is 0 Å². The molecule has 2 aliphatic heterocycles. The van der Waals surface area contributed by atoms with Gasteiger partial charge < -0.3 is 47.7 Å². The summed E-state index contributed by atoms with van der Waals surface area (Å²) in [6.07, 6.45) is -13.4. The summed E-state index contributed by atoms with van der Waals surface area (Å²) in [5.74, 6) is -4.88. The second kappa shape index (κ2) is 14.2. The van der Waals surface area contributed by atoms with Crippen LogP contribution in [0.1, 0.15) is 41.5 Å². The third-order valence-corrected chi connectivity index (χ3v) is 5.26. The lowest BCUT2D eigenvalue weighted by molar-refractivity contribution is -0.343. The lowest BCUT2D eigenvalue weighted by Crippen LogP contribution is -2.65. The second-order valence-electron chi connectivity index (χ2n) is 8.61. The molecule has 0 aromatic rings. The summed E-state index contributed by atoms with van der Waals surface area (Å²) in [7, 11) is 0. The van der Waals surface area contributed by atoms with Crippen LogP contribution in [0.2, 0.25) is 0 Å². The first-order chi connectivity index (χ1) is 18.2. The molecule has 2 aliphatic rings. The Balaban J connectivity index is 2.50. The number of esters is 6. The summed E-state index contributed by atoms with van der Waals surface area (Å²) in [5.41, 5.74) is 0. The van der Waals surface area contributed by atoms with Crippen molar-refractivity contribution in [2.75, 3.05) is 13.2 Å².